The first-order chi connectivity index (χ1) is 6.65. The molecule has 1 aliphatic carbocycles. The Labute approximate surface area is 85.7 Å². The topological polar surface area (TPSA) is 49.4 Å². The molecule has 2 unspecified atom stereocenters. The smallest absolute Gasteiger partial charge is 0.214 e. The zero-order valence-electron chi connectivity index (χ0n) is 8.57. The van der Waals surface area contributed by atoms with Crippen LogP contribution in [0.2, 0.25) is 0 Å². The van der Waals surface area contributed by atoms with Crippen LogP contribution in [0.15, 0.2) is 0 Å². The summed E-state index contributed by atoms with van der Waals surface area (Å²) in [6, 6.07) is 0.638. The fraction of sp³-hybridized carbons (Fsp3) is 1.00. The van der Waals surface area contributed by atoms with Crippen LogP contribution >= 0.6 is 0 Å². The van der Waals surface area contributed by atoms with Gasteiger partial charge in [0.1, 0.15) is 0 Å². The minimum atomic E-state index is -2.98. The van der Waals surface area contributed by atoms with Crippen LogP contribution in [0.4, 0.5) is 0 Å². The van der Waals surface area contributed by atoms with Crippen LogP contribution in [0.3, 0.4) is 0 Å². The molecule has 2 atom stereocenters. The van der Waals surface area contributed by atoms with E-state index in [0.717, 1.165) is 25.8 Å². The van der Waals surface area contributed by atoms with E-state index >= 15 is 0 Å². The van der Waals surface area contributed by atoms with Crippen molar-refractivity contribution < 1.29 is 8.42 Å². The molecule has 1 saturated heterocycles. The summed E-state index contributed by atoms with van der Waals surface area (Å²) < 4.78 is 25.3. The number of hydrogen-bond acceptors (Lipinski definition) is 3. The van der Waals surface area contributed by atoms with Crippen LogP contribution < -0.4 is 5.32 Å². The van der Waals surface area contributed by atoms with E-state index in [9.17, 15) is 8.42 Å². The third kappa shape index (κ3) is 1.68. The van der Waals surface area contributed by atoms with E-state index < -0.39 is 10.0 Å². The number of rotatable bonds is 2. The Hall–Kier alpha value is -0.130. The average Bonchev–Trinajstić information content (AvgIpc) is 2.64. The Kier molecular flexibility index (Phi) is 2.81. The zero-order valence-corrected chi connectivity index (χ0v) is 9.39. The Bertz CT molecular complexity index is 302. The van der Waals surface area contributed by atoms with E-state index in [0.29, 0.717) is 12.6 Å². The molecule has 2 rings (SSSR count). The summed E-state index contributed by atoms with van der Waals surface area (Å²) in [5, 5.41) is 3.40. The summed E-state index contributed by atoms with van der Waals surface area (Å²) >= 11 is 0. The highest BCUT2D eigenvalue weighted by atomic mass is 32.2. The molecule has 1 aliphatic heterocycles. The van der Waals surface area contributed by atoms with E-state index in [1.165, 1.54) is 0 Å². The molecule has 0 bridgehead atoms. The molecular formula is C9H18N2O2S. The number of fused-ring (bicyclic) bond motifs is 1. The first-order valence-corrected chi connectivity index (χ1v) is 6.99. The lowest BCUT2D eigenvalue weighted by Gasteiger charge is -2.37. The van der Waals surface area contributed by atoms with Crippen molar-refractivity contribution in [2.75, 3.05) is 18.8 Å². The van der Waals surface area contributed by atoms with E-state index in [-0.39, 0.29) is 11.8 Å². The van der Waals surface area contributed by atoms with Crippen LogP contribution in [-0.2, 0) is 10.0 Å². The van der Waals surface area contributed by atoms with Gasteiger partial charge in [0.2, 0.25) is 10.0 Å². The maximum atomic E-state index is 11.8. The zero-order chi connectivity index (χ0) is 10.2. The van der Waals surface area contributed by atoms with Crippen LogP contribution in [-0.4, -0.2) is 43.6 Å². The predicted octanol–water partition coefficient (Wildman–Crippen LogP) is 0.162. The van der Waals surface area contributed by atoms with Crippen molar-refractivity contribution in [1.29, 1.82) is 0 Å². The van der Waals surface area contributed by atoms with Crippen molar-refractivity contribution in [1.82, 2.24) is 9.62 Å². The molecule has 0 spiro atoms. The summed E-state index contributed by atoms with van der Waals surface area (Å²) in [4.78, 5) is 0. The molecule has 2 fully saturated rings. The lowest BCUT2D eigenvalue weighted by molar-refractivity contribution is 0.232. The SMILES string of the molecule is CCS(=O)(=O)N1CCNC2CCCC21. The second-order valence-electron chi connectivity index (χ2n) is 4.07. The molecule has 0 aromatic rings. The Morgan fingerprint density at radius 2 is 2.21 bits per heavy atom. The molecular weight excluding hydrogens is 200 g/mol. The van der Waals surface area contributed by atoms with Crippen molar-refractivity contribution in [3.05, 3.63) is 0 Å². The lowest BCUT2D eigenvalue weighted by Crippen LogP contribution is -2.57. The fourth-order valence-electron chi connectivity index (χ4n) is 2.56. The van der Waals surface area contributed by atoms with Gasteiger partial charge in [-0.15, -0.1) is 0 Å². The molecule has 1 N–H and O–H groups in total. The molecule has 0 aromatic heterocycles. The van der Waals surface area contributed by atoms with Crippen LogP contribution in [0.1, 0.15) is 26.2 Å². The van der Waals surface area contributed by atoms with Gasteiger partial charge in [0.05, 0.1) is 5.75 Å². The number of piperazine rings is 1. The summed E-state index contributed by atoms with van der Waals surface area (Å²) in [6.07, 6.45) is 3.30. The quantitative estimate of drug-likeness (QED) is 0.718. The average molecular weight is 218 g/mol. The summed E-state index contributed by atoms with van der Waals surface area (Å²) in [7, 11) is -2.98. The predicted molar refractivity (Wildman–Crippen MR) is 55.6 cm³/mol. The Balaban J connectivity index is 2.18. The normalized spacial score (nSPS) is 34.4. The molecule has 1 heterocycles. The van der Waals surface area contributed by atoms with Gasteiger partial charge in [0.25, 0.3) is 0 Å². The molecule has 5 heteroatoms. The molecule has 0 aromatic carbocycles. The van der Waals surface area contributed by atoms with E-state index in [1.807, 2.05) is 0 Å². The molecule has 0 amide bonds. The molecule has 0 radical (unpaired) electrons. The van der Waals surface area contributed by atoms with Gasteiger partial charge in [0.15, 0.2) is 0 Å². The number of sulfonamides is 1. The first-order valence-electron chi connectivity index (χ1n) is 5.38. The minimum Gasteiger partial charge on any atom is -0.311 e. The molecule has 82 valence electrons. The second-order valence-corrected chi connectivity index (χ2v) is 6.28. The summed E-state index contributed by atoms with van der Waals surface area (Å²) in [5.41, 5.74) is 0. The highest BCUT2D eigenvalue weighted by molar-refractivity contribution is 7.89. The number of nitrogens with one attached hydrogen (secondary N) is 1. The van der Waals surface area contributed by atoms with Crippen molar-refractivity contribution in [3.63, 3.8) is 0 Å². The van der Waals surface area contributed by atoms with Gasteiger partial charge in [-0.05, 0) is 19.8 Å². The van der Waals surface area contributed by atoms with Gasteiger partial charge in [-0.25, -0.2) is 8.42 Å². The van der Waals surface area contributed by atoms with Gasteiger partial charge >= 0.3 is 0 Å². The van der Waals surface area contributed by atoms with Gasteiger partial charge in [-0.2, -0.15) is 4.31 Å². The Morgan fingerprint density at radius 1 is 1.43 bits per heavy atom. The number of hydrogen-bond donors (Lipinski definition) is 1. The summed E-state index contributed by atoms with van der Waals surface area (Å²) in [6.45, 7) is 3.18. The second kappa shape index (κ2) is 3.79. The molecule has 1 saturated carbocycles. The highest BCUT2D eigenvalue weighted by Gasteiger charge is 2.39. The lowest BCUT2D eigenvalue weighted by atomic mass is 10.1. The van der Waals surface area contributed by atoms with Gasteiger partial charge in [-0.3, -0.25) is 0 Å². The van der Waals surface area contributed by atoms with Gasteiger partial charge in [0, 0.05) is 25.2 Å². The van der Waals surface area contributed by atoms with Crippen molar-refractivity contribution in [3.8, 4) is 0 Å². The largest absolute Gasteiger partial charge is 0.311 e. The van der Waals surface area contributed by atoms with Crippen molar-refractivity contribution in [2.24, 2.45) is 0 Å². The van der Waals surface area contributed by atoms with Crippen molar-refractivity contribution in [2.45, 2.75) is 38.3 Å². The maximum Gasteiger partial charge on any atom is 0.214 e. The molecule has 4 nitrogen and oxygen atoms in total. The van der Waals surface area contributed by atoms with Crippen LogP contribution in [0, 0.1) is 0 Å². The molecule has 14 heavy (non-hydrogen) atoms. The van der Waals surface area contributed by atoms with Crippen LogP contribution in [0.25, 0.3) is 0 Å². The monoisotopic (exact) mass is 218 g/mol. The summed E-state index contributed by atoms with van der Waals surface area (Å²) in [5.74, 6) is 0.232. The third-order valence-electron chi connectivity index (χ3n) is 3.31. The van der Waals surface area contributed by atoms with Crippen LogP contribution in [0.5, 0.6) is 0 Å². The van der Waals surface area contributed by atoms with E-state index in [2.05, 4.69) is 5.32 Å². The van der Waals surface area contributed by atoms with Gasteiger partial charge in [-0.1, -0.05) is 6.42 Å². The highest BCUT2D eigenvalue weighted by Crippen LogP contribution is 2.28. The fourth-order valence-corrected chi connectivity index (χ4v) is 3.93. The van der Waals surface area contributed by atoms with Crippen molar-refractivity contribution >= 4 is 10.0 Å². The number of nitrogens with zero attached hydrogens (tertiary/aromatic N) is 1. The minimum absolute atomic E-state index is 0.230. The van der Waals surface area contributed by atoms with E-state index in [1.54, 1.807) is 11.2 Å². The Morgan fingerprint density at radius 3 is 2.93 bits per heavy atom. The maximum absolute atomic E-state index is 11.8. The first kappa shape index (κ1) is 10.4. The van der Waals surface area contributed by atoms with Gasteiger partial charge < -0.3 is 5.32 Å². The van der Waals surface area contributed by atoms with E-state index in [4.69, 9.17) is 0 Å². The molecule has 2 aliphatic rings. The standard InChI is InChI=1S/C9H18N2O2S/c1-2-14(12,13)11-7-6-10-8-4-3-5-9(8)11/h8-10H,2-7H2,1H3. The third-order valence-corrected chi connectivity index (χ3v) is 5.21.